The van der Waals surface area contributed by atoms with Crippen molar-refractivity contribution in [1.82, 2.24) is 9.55 Å². The van der Waals surface area contributed by atoms with E-state index in [2.05, 4.69) is 34.0 Å². The molecule has 0 spiro atoms. The van der Waals surface area contributed by atoms with Crippen LogP contribution in [0.4, 0.5) is 0 Å². The minimum atomic E-state index is 0.278. The first-order valence-electron chi connectivity index (χ1n) is 6.08. The highest BCUT2D eigenvalue weighted by Crippen LogP contribution is 2.28. The van der Waals surface area contributed by atoms with Crippen molar-refractivity contribution in [3.05, 3.63) is 50.4 Å². The molecule has 1 unspecified atom stereocenters. The van der Waals surface area contributed by atoms with Crippen molar-refractivity contribution in [2.24, 2.45) is 0 Å². The average Bonchev–Trinajstić information content (AvgIpc) is 2.96. The summed E-state index contributed by atoms with van der Waals surface area (Å²) in [5.41, 5.74) is 1.99. The molecular weight excluding hydrogens is 296 g/mol. The topological polar surface area (TPSA) is 20.7 Å². The molecule has 98 valence electrons. The molecular formula is C14H13ClN2S2. The van der Waals surface area contributed by atoms with E-state index in [0.717, 1.165) is 27.2 Å². The molecule has 0 radical (unpaired) electrons. The molecule has 1 N–H and O–H groups in total. The number of hydrogen-bond acceptors (Lipinski definition) is 2. The molecule has 0 amide bonds. The number of fused-ring (bicyclic) bond motifs is 1. The van der Waals surface area contributed by atoms with E-state index in [0.29, 0.717) is 0 Å². The summed E-state index contributed by atoms with van der Waals surface area (Å²) in [5.74, 6) is 0. The smallest absolute Gasteiger partial charge is 0.178 e. The second-order valence-electron chi connectivity index (χ2n) is 4.57. The minimum absolute atomic E-state index is 0.278. The van der Waals surface area contributed by atoms with Gasteiger partial charge in [0.1, 0.15) is 0 Å². The highest BCUT2D eigenvalue weighted by Gasteiger charge is 2.14. The summed E-state index contributed by atoms with van der Waals surface area (Å²) in [6, 6.07) is 10.4. The third kappa shape index (κ3) is 2.36. The van der Waals surface area contributed by atoms with Crippen LogP contribution in [0.25, 0.3) is 11.0 Å². The normalized spacial score (nSPS) is 12.9. The van der Waals surface area contributed by atoms with Gasteiger partial charge in [0.25, 0.3) is 0 Å². The Morgan fingerprint density at radius 3 is 2.95 bits per heavy atom. The summed E-state index contributed by atoms with van der Waals surface area (Å²) in [7, 11) is 0. The SMILES string of the molecule is CC(Cc1cccs1)n1c(=S)[nH]c2cccc(Cl)c21. The van der Waals surface area contributed by atoms with E-state index in [1.54, 1.807) is 11.3 Å². The van der Waals surface area contributed by atoms with Gasteiger partial charge in [0.2, 0.25) is 0 Å². The first-order valence-corrected chi connectivity index (χ1v) is 7.74. The summed E-state index contributed by atoms with van der Waals surface area (Å²) >= 11 is 13.5. The van der Waals surface area contributed by atoms with Crippen LogP contribution in [0, 0.1) is 4.77 Å². The molecule has 3 aromatic rings. The Morgan fingerprint density at radius 1 is 1.37 bits per heavy atom. The van der Waals surface area contributed by atoms with Gasteiger partial charge in [-0.3, -0.25) is 0 Å². The van der Waals surface area contributed by atoms with Gasteiger partial charge >= 0.3 is 0 Å². The molecule has 3 rings (SSSR count). The van der Waals surface area contributed by atoms with Gasteiger partial charge in [-0.05, 0) is 42.7 Å². The Bertz CT molecular complexity index is 755. The summed E-state index contributed by atoms with van der Waals surface area (Å²) in [6.07, 6.45) is 0.962. The van der Waals surface area contributed by atoms with Gasteiger partial charge in [-0.15, -0.1) is 11.3 Å². The molecule has 0 saturated heterocycles. The third-order valence-corrected chi connectivity index (χ3v) is 4.71. The van der Waals surface area contributed by atoms with E-state index in [1.807, 2.05) is 18.2 Å². The monoisotopic (exact) mass is 308 g/mol. The summed E-state index contributed by atoms with van der Waals surface area (Å²) in [4.78, 5) is 4.58. The fourth-order valence-corrected chi connectivity index (χ4v) is 3.84. The van der Waals surface area contributed by atoms with Crippen molar-refractivity contribution in [3.63, 3.8) is 0 Å². The van der Waals surface area contributed by atoms with Crippen LogP contribution in [-0.4, -0.2) is 9.55 Å². The lowest BCUT2D eigenvalue weighted by Crippen LogP contribution is -2.07. The highest BCUT2D eigenvalue weighted by molar-refractivity contribution is 7.71. The Morgan fingerprint density at radius 2 is 2.21 bits per heavy atom. The van der Waals surface area contributed by atoms with Gasteiger partial charge in [-0.2, -0.15) is 0 Å². The standard InChI is InChI=1S/C14H13ClN2S2/c1-9(8-10-4-3-7-19-10)17-13-11(15)5-2-6-12(13)16-14(17)18/h2-7,9H,8H2,1H3,(H,16,18). The molecule has 2 nitrogen and oxygen atoms in total. The molecule has 19 heavy (non-hydrogen) atoms. The molecule has 0 aliphatic carbocycles. The number of para-hydroxylation sites is 1. The molecule has 0 aliphatic rings. The number of aromatic nitrogens is 2. The first kappa shape index (κ1) is 12.9. The average molecular weight is 309 g/mol. The largest absolute Gasteiger partial charge is 0.331 e. The fourth-order valence-electron chi connectivity index (χ4n) is 2.37. The second-order valence-corrected chi connectivity index (χ2v) is 6.39. The van der Waals surface area contributed by atoms with Crippen molar-refractivity contribution in [3.8, 4) is 0 Å². The maximum Gasteiger partial charge on any atom is 0.178 e. The van der Waals surface area contributed by atoms with E-state index in [1.165, 1.54) is 4.88 Å². The van der Waals surface area contributed by atoms with Crippen LogP contribution in [0.15, 0.2) is 35.7 Å². The number of benzene rings is 1. The molecule has 2 aromatic heterocycles. The molecule has 1 atom stereocenters. The van der Waals surface area contributed by atoms with Crippen LogP contribution >= 0.6 is 35.2 Å². The van der Waals surface area contributed by atoms with Crippen molar-refractivity contribution in [2.75, 3.05) is 0 Å². The van der Waals surface area contributed by atoms with Crippen LogP contribution < -0.4 is 0 Å². The molecule has 0 saturated carbocycles. The number of imidazole rings is 1. The zero-order valence-electron chi connectivity index (χ0n) is 10.4. The number of hydrogen-bond donors (Lipinski definition) is 1. The van der Waals surface area contributed by atoms with Gasteiger partial charge in [-0.25, -0.2) is 0 Å². The zero-order chi connectivity index (χ0) is 13.4. The first-order chi connectivity index (χ1) is 9.16. The van der Waals surface area contributed by atoms with Crippen LogP contribution in [0.5, 0.6) is 0 Å². The number of thiophene rings is 1. The predicted octanol–water partition coefficient (Wildman–Crippen LogP) is 5.22. The van der Waals surface area contributed by atoms with Crippen molar-refractivity contribution >= 4 is 46.2 Å². The number of halogens is 1. The van der Waals surface area contributed by atoms with Crippen molar-refractivity contribution in [1.29, 1.82) is 0 Å². The highest BCUT2D eigenvalue weighted by atomic mass is 35.5. The maximum atomic E-state index is 6.32. The fraction of sp³-hybridized carbons (Fsp3) is 0.214. The number of nitrogens with zero attached hydrogens (tertiary/aromatic N) is 1. The zero-order valence-corrected chi connectivity index (χ0v) is 12.8. The summed E-state index contributed by atoms with van der Waals surface area (Å²) < 4.78 is 2.85. The van der Waals surface area contributed by atoms with Crippen LogP contribution in [0.3, 0.4) is 0 Å². The summed E-state index contributed by atoms with van der Waals surface area (Å²) in [5, 5.41) is 2.84. The van der Waals surface area contributed by atoms with Crippen LogP contribution in [-0.2, 0) is 6.42 Å². The lowest BCUT2D eigenvalue weighted by molar-refractivity contribution is 0.557. The molecule has 0 bridgehead atoms. The molecule has 5 heteroatoms. The molecule has 1 aromatic carbocycles. The van der Waals surface area contributed by atoms with Gasteiger partial charge in [0.15, 0.2) is 4.77 Å². The van der Waals surface area contributed by atoms with Crippen molar-refractivity contribution < 1.29 is 0 Å². The third-order valence-electron chi connectivity index (χ3n) is 3.21. The quantitative estimate of drug-likeness (QED) is 0.658. The van der Waals surface area contributed by atoms with Gasteiger partial charge in [-0.1, -0.05) is 23.7 Å². The lowest BCUT2D eigenvalue weighted by Gasteiger charge is -2.14. The van der Waals surface area contributed by atoms with E-state index in [9.17, 15) is 0 Å². The lowest BCUT2D eigenvalue weighted by atomic mass is 10.2. The number of aromatic amines is 1. The van der Waals surface area contributed by atoms with E-state index in [4.69, 9.17) is 23.8 Å². The Hall–Kier alpha value is -1.10. The predicted molar refractivity (Wildman–Crippen MR) is 84.9 cm³/mol. The Kier molecular flexibility index (Phi) is 3.48. The van der Waals surface area contributed by atoms with Gasteiger partial charge in [0, 0.05) is 17.3 Å². The number of nitrogens with one attached hydrogen (secondary N) is 1. The second kappa shape index (κ2) is 5.12. The maximum absolute atomic E-state index is 6.32. The number of rotatable bonds is 3. The Balaban J connectivity index is 2.09. The Labute approximate surface area is 125 Å². The number of H-pyrrole nitrogens is 1. The van der Waals surface area contributed by atoms with E-state index >= 15 is 0 Å². The molecule has 0 fully saturated rings. The molecule has 0 aliphatic heterocycles. The van der Waals surface area contributed by atoms with Crippen molar-refractivity contribution in [2.45, 2.75) is 19.4 Å². The summed E-state index contributed by atoms with van der Waals surface area (Å²) in [6.45, 7) is 2.17. The molecule has 2 heterocycles. The van der Waals surface area contributed by atoms with E-state index < -0.39 is 0 Å². The van der Waals surface area contributed by atoms with Crippen LogP contribution in [0.2, 0.25) is 5.02 Å². The van der Waals surface area contributed by atoms with Crippen LogP contribution in [0.1, 0.15) is 17.8 Å². The minimum Gasteiger partial charge on any atom is -0.331 e. The van der Waals surface area contributed by atoms with E-state index in [-0.39, 0.29) is 6.04 Å². The van der Waals surface area contributed by atoms with Gasteiger partial charge < -0.3 is 9.55 Å². The van der Waals surface area contributed by atoms with Gasteiger partial charge in [0.05, 0.1) is 16.1 Å².